The van der Waals surface area contributed by atoms with Crippen LogP contribution in [0.15, 0.2) is 103 Å². The number of rotatable bonds is 7. The van der Waals surface area contributed by atoms with Crippen LogP contribution < -0.4 is 10.2 Å². The van der Waals surface area contributed by atoms with Crippen LogP contribution >= 0.6 is 0 Å². The van der Waals surface area contributed by atoms with Gasteiger partial charge < -0.3 is 9.84 Å². The van der Waals surface area contributed by atoms with Crippen LogP contribution in [0.5, 0.6) is 5.75 Å². The number of benzene rings is 3. The van der Waals surface area contributed by atoms with Crippen LogP contribution in [0.3, 0.4) is 0 Å². The van der Waals surface area contributed by atoms with Gasteiger partial charge in [0.1, 0.15) is 17.9 Å². The van der Waals surface area contributed by atoms with Crippen molar-refractivity contribution in [3.63, 3.8) is 0 Å². The predicted molar refractivity (Wildman–Crippen MR) is 149 cm³/mol. The number of para-hydroxylation sites is 1. The molecule has 1 aliphatic carbocycles. The van der Waals surface area contributed by atoms with Crippen LogP contribution in [0.1, 0.15) is 23.7 Å². The molecule has 6 rings (SSSR count). The van der Waals surface area contributed by atoms with Crippen molar-refractivity contribution in [3.8, 4) is 5.75 Å². The fourth-order valence-corrected chi connectivity index (χ4v) is 5.87. The van der Waals surface area contributed by atoms with Crippen molar-refractivity contribution >= 4 is 22.6 Å². The zero-order chi connectivity index (χ0) is 26.9. The summed E-state index contributed by atoms with van der Waals surface area (Å²) in [6.07, 6.45) is 11.4. The lowest BCUT2D eigenvalue weighted by Gasteiger charge is -2.42. The molecule has 2 heterocycles. The number of likely N-dealkylation sites (tertiary alicyclic amines) is 1. The second-order valence-electron chi connectivity index (χ2n) is 10.1. The quantitative estimate of drug-likeness (QED) is 0.361. The molecule has 0 bridgehead atoms. The largest absolute Gasteiger partial charge is 0.496 e. The van der Waals surface area contributed by atoms with Crippen LogP contribution in [0.4, 0.5) is 0 Å². The summed E-state index contributed by atoms with van der Waals surface area (Å²) in [7, 11) is 1.57. The standard InChI is InChI=1S/C32H31N3O4/c1-39-28-17-8-7-16-25(28)30(36)27-19-18-26-29(35(27)33-23-13-3-2-4-14-23)32(38)34(31(26)37)20-22-12-9-11-21-10-5-6-15-24(21)22/h2-13,15-19,23,26-27,29-30,33,36H,14,20H2,1H3/t23?,26-,27-,29+,30-/m1/s1. The molecular weight excluding hydrogens is 490 g/mol. The zero-order valence-electron chi connectivity index (χ0n) is 21.7. The number of hydrogen-bond acceptors (Lipinski definition) is 6. The van der Waals surface area contributed by atoms with Crippen molar-refractivity contribution in [2.24, 2.45) is 5.92 Å². The Morgan fingerprint density at radius 3 is 2.56 bits per heavy atom. The van der Waals surface area contributed by atoms with E-state index in [0.29, 0.717) is 11.3 Å². The molecule has 39 heavy (non-hydrogen) atoms. The van der Waals surface area contributed by atoms with E-state index in [4.69, 9.17) is 4.74 Å². The van der Waals surface area contributed by atoms with Crippen molar-refractivity contribution < 1.29 is 19.4 Å². The third kappa shape index (κ3) is 4.59. The Morgan fingerprint density at radius 2 is 1.74 bits per heavy atom. The lowest BCUT2D eigenvalue weighted by atomic mass is 9.90. The number of aliphatic hydroxyl groups excluding tert-OH is 1. The first-order valence-corrected chi connectivity index (χ1v) is 13.3. The van der Waals surface area contributed by atoms with Crippen molar-refractivity contribution in [2.75, 3.05) is 7.11 Å². The molecule has 2 N–H and O–H groups in total. The van der Waals surface area contributed by atoms with Gasteiger partial charge in [0.05, 0.1) is 25.6 Å². The number of amides is 2. The number of hydrazine groups is 1. The summed E-state index contributed by atoms with van der Waals surface area (Å²) in [4.78, 5) is 29.1. The maximum Gasteiger partial charge on any atom is 0.249 e. The summed E-state index contributed by atoms with van der Waals surface area (Å²) in [5.41, 5.74) is 5.01. The van der Waals surface area contributed by atoms with Crippen LogP contribution in [0.2, 0.25) is 0 Å². The Balaban J connectivity index is 1.35. The van der Waals surface area contributed by atoms with Gasteiger partial charge in [-0.2, -0.15) is 0 Å². The molecule has 3 aliphatic rings. The van der Waals surface area contributed by atoms with E-state index in [2.05, 4.69) is 11.5 Å². The lowest BCUT2D eigenvalue weighted by molar-refractivity contribution is -0.141. The molecule has 5 atom stereocenters. The molecule has 3 aromatic rings. The predicted octanol–water partition coefficient (Wildman–Crippen LogP) is 4.07. The van der Waals surface area contributed by atoms with Gasteiger partial charge in [-0.3, -0.25) is 14.5 Å². The van der Waals surface area contributed by atoms with Gasteiger partial charge >= 0.3 is 0 Å². The highest BCUT2D eigenvalue weighted by atomic mass is 16.5. The molecule has 1 saturated heterocycles. The van der Waals surface area contributed by atoms with Gasteiger partial charge in [0.2, 0.25) is 11.8 Å². The first kappa shape index (κ1) is 25.2. The van der Waals surface area contributed by atoms with E-state index in [0.717, 1.165) is 22.8 Å². The summed E-state index contributed by atoms with van der Waals surface area (Å²) in [5, 5.41) is 15.5. The minimum Gasteiger partial charge on any atom is -0.496 e. The number of imide groups is 1. The van der Waals surface area contributed by atoms with Gasteiger partial charge in [-0.25, -0.2) is 10.4 Å². The van der Waals surface area contributed by atoms with E-state index in [1.807, 2.05) is 85.0 Å². The van der Waals surface area contributed by atoms with E-state index in [1.54, 1.807) is 24.3 Å². The van der Waals surface area contributed by atoms with Crippen molar-refractivity contribution in [1.82, 2.24) is 15.3 Å². The van der Waals surface area contributed by atoms with Crippen molar-refractivity contribution in [2.45, 2.75) is 37.2 Å². The number of hydrogen-bond donors (Lipinski definition) is 2. The van der Waals surface area contributed by atoms with Gasteiger partial charge in [0.25, 0.3) is 0 Å². The summed E-state index contributed by atoms with van der Waals surface area (Å²) in [6.45, 7) is 0.194. The summed E-state index contributed by atoms with van der Waals surface area (Å²) in [6, 6.07) is 19.8. The topological polar surface area (TPSA) is 82.1 Å². The third-order valence-electron chi connectivity index (χ3n) is 7.83. The molecule has 0 spiro atoms. The van der Waals surface area contributed by atoms with Crippen LogP contribution in [-0.4, -0.2) is 52.1 Å². The molecule has 198 valence electrons. The summed E-state index contributed by atoms with van der Waals surface area (Å²) >= 11 is 0. The normalized spacial score (nSPS) is 25.3. The second kappa shape index (κ2) is 10.6. The van der Waals surface area contributed by atoms with E-state index in [-0.39, 0.29) is 24.4 Å². The Bertz CT molecular complexity index is 1490. The highest BCUT2D eigenvalue weighted by Crippen LogP contribution is 2.38. The molecule has 0 aromatic heterocycles. The summed E-state index contributed by atoms with van der Waals surface area (Å²) in [5.74, 6) is -0.593. The average molecular weight is 522 g/mol. The molecule has 2 amide bonds. The van der Waals surface area contributed by atoms with E-state index in [1.165, 1.54) is 4.90 Å². The molecule has 2 aliphatic heterocycles. The van der Waals surface area contributed by atoms with Crippen LogP contribution in [0.25, 0.3) is 10.8 Å². The Kier molecular flexibility index (Phi) is 6.87. The zero-order valence-corrected chi connectivity index (χ0v) is 21.7. The lowest BCUT2D eigenvalue weighted by Crippen LogP contribution is -2.61. The fourth-order valence-electron chi connectivity index (χ4n) is 5.87. The Labute approximate surface area is 227 Å². The molecule has 7 heteroatoms. The number of aliphatic hydroxyl groups is 1. The number of carbonyl (C=O) groups excluding carboxylic acids is 2. The number of fused-ring (bicyclic) bond motifs is 2. The van der Waals surface area contributed by atoms with E-state index < -0.39 is 24.1 Å². The minimum absolute atomic E-state index is 0.0791. The SMILES string of the molecule is COc1ccccc1[C@@H](O)[C@H]1C=C[C@H]2C(=O)N(Cc3cccc4ccccc34)C(=O)[C@H]2N1NC1C=CC=CC1. The third-order valence-corrected chi connectivity index (χ3v) is 7.83. The molecule has 3 aromatic carbocycles. The monoisotopic (exact) mass is 521 g/mol. The highest BCUT2D eigenvalue weighted by Gasteiger charge is 2.53. The van der Waals surface area contributed by atoms with E-state index in [9.17, 15) is 14.7 Å². The van der Waals surface area contributed by atoms with Crippen LogP contribution in [0, 0.1) is 5.92 Å². The summed E-state index contributed by atoms with van der Waals surface area (Å²) < 4.78 is 5.51. The van der Waals surface area contributed by atoms with Gasteiger partial charge in [0, 0.05) is 11.6 Å². The van der Waals surface area contributed by atoms with Crippen LogP contribution in [-0.2, 0) is 16.1 Å². The van der Waals surface area contributed by atoms with Crippen molar-refractivity contribution in [1.29, 1.82) is 0 Å². The number of allylic oxidation sites excluding steroid dienone is 2. The van der Waals surface area contributed by atoms with Gasteiger partial charge in [-0.1, -0.05) is 97.1 Å². The Hall–Kier alpha value is -4.04. The number of nitrogens with zero attached hydrogens (tertiary/aromatic N) is 2. The van der Waals surface area contributed by atoms with E-state index >= 15 is 0 Å². The first-order valence-electron chi connectivity index (χ1n) is 13.3. The maximum atomic E-state index is 14.0. The second-order valence-corrected chi connectivity index (χ2v) is 10.1. The molecule has 1 fully saturated rings. The smallest absolute Gasteiger partial charge is 0.249 e. The van der Waals surface area contributed by atoms with Gasteiger partial charge in [-0.05, 0) is 28.8 Å². The molecule has 7 nitrogen and oxygen atoms in total. The van der Waals surface area contributed by atoms with Crippen molar-refractivity contribution in [3.05, 3.63) is 114 Å². The fraction of sp³-hybridized carbons (Fsp3) is 0.250. The highest BCUT2D eigenvalue weighted by molar-refractivity contribution is 6.08. The molecular formula is C32H31N3O4. The molecule has 0 radical (unpaired) electrons. The molecule has 0 saturated carbocycles. The number of ether oxygens (including phenoxy) is 1. The average Bonchev–Trinajstić information content (AvgIpc) is 3.22. The minimum atomic E-state index is -0.996. The Morgan fingerprint density at radius 1 is 0.949 bits per heavy atom. The maximum absolute atomic E-state index is 14.0. The molecule has 1 unspecified atom stereocenters. The number of carbonyl (C=O) groups is 2. The first-order chi connectivity index (χ1) is 19.1. The number of nitrogens with one attached hydrogen (secondary N) is 1. The van der Waals surface area contributed by atoms with Gasteiger partial charge in [-0.15, -0.1) is 0 Å². The number of methoxy groups -OCH3 is 1. The van der Waals surface area contributed by atoms with Gasteiger partial charge in [0.15, 0.2) is 0 Å².